The van der Waals surface area contributed by atoms with Crippen LogP contribution in [0.2, 0.25) is 0 Å². The number of hydrogen-bond donors (Lipinski definition) is 5. The van der Waals surface area contributed by atoms with Gasteiger partial charge in [0.1, 0.15) is 0 Å². The van der Waals surface area contributed by atoms with Crippen molar-refractivity contribution in [2.24, 2.45) is 28.3 Å². The van der Waals surface area contributed by atoms with Crippen LogP contribution in [0.3, 0.4) is 0 Å². The Balaban J connectivity index is 5.53. The van der Waals surface area contributed by atoms with Crippen molar-refractivity contribution in [2.45, 2.75) is 31.1 Å². The summed E-state index contributed by atoms with van der Waals surface area (Å²) in [4.78, 5) is -1.81. The lowest BCUT2D eigenvalue weighted by molar-refractivity contribution is 0.167. The van der Waals surface area contributed by atoms with E-state index in [0.717, 1.165) is 0 Å². The van der Waals surface area contributed by atoms with E-state index in [1.54, 1.807) is 6.92 Å². The fourth-order valence-corrected chi connectivity index (χ4v) is 3.34. The van der Waals surface area contributed by atoms with Gasteiger partial charge in [-0.15, -0.1) is 0 Å². The second-order valence-electron chi connectivity index (χ2n) is 4.54. The molecule has 0 aliphatic carbocycles. The minimum Gasteiger partial charge on any atom is -0.330 e. The fraction of sp³-hybridized carbons (Fsp3) is 1.00. The molecule has 1 unspecified atom stereocenters. The lowest BCUT2D eigenvalue weighted by atomic mass is 9.74. The van der Waals surface area contributed by atoms with Gasteiger partial charge in [-0.05, 0) is 38.9 Å². The van der Waals surface area contributed by atoms with Crippen LogP contribution in [0.15, 0.2) is 0 Å². The molecule has 0 heterocycles. The summed E-state index contributed by atoms with van der Waals surface area (Å²) in [6.45, 7) is 2.24. The summed E-state index contributed by atoms with van der Waals surface area (Å²) >= 11 is 0. The Labute approximate surface area is 103 Å². The van der Waals surface area contributed by atoms with E-state index in [4.69, 9.17) is 22.9 Å². The molecule has 104 valence electrons. The third-order valence-electron chi connectivity index (χ3n) is 3.39. The second-order valence-corrected chi connectivity index (χ2v) is 6.22. The van der Waals surface area contributed by atoms with Gasteiger partial charge in [0, 0.05) is 5.41 Å². The highest BCUT2D eigenvalue weighted by Crippen LogP contribution is 2.41. The van der Waals surface area contributed by atoms with Crippen LogP contribution in [0.5, 0.6) is 0 Å². The molecule has 0 bridgehead atoms. The molecule has 0 saturated carbocycles. The maximum atomic E-state index is 11.5. The van der Waals surface area contributed by atoms with Crippen molar-refractivity contribution in [3.8, 4) is 0 Å². The summed E-state index contributed by atoms with van der Waals surface area (Å²) in [6.07, 6.45) is 0.656. The van der Waals surface area contributed by atoms with Crippen LogP contribution in [-0.2, 0) is 10.1 Å². The monoisotopic (exact) mass is 268 g/mol. The zero-order chi connectivity index (χ0) is 13.7. The molecule has 0 saturated heterocycles. The molecule has 0 fully saturated rings. The molecule has 0 aromatic heterocycles. The summed E-state index contributed by atoms with van der Waals surface area (Å²) in [5, 5.41) is 0. The van der Waals surface area contributed by atoms with E-state index in [2.05, 4.69) is 0 Å². The summed E-state index contributed by atoms with van der Waals surface area (Å²) in [7, 11) is -4.44. The first-order valence-corrected chi connectivity index (χ1v) is 6.98. The van der Waals surface area contributed by atoms with Crippen molar-refractivity contribution < 1.29 is 13.0 Å². The zero-order valence-electron chi connectivity index (χ0n) is 10.2. The van der Waals surface area contributed by atoms with Gasteiger partial charge in [0.2, 0.25) is 0 Å². The molecule has 0 aliphatic heterocycles. The molecular weight excluding hydrogens is 244 g/mol. The molecule has 1 atom stereocenters. The average molecular weight is 268 g/mol. The molecule has 0 aromatic carbocycles. The van der Waals surface area contributed by atoms with Gasteiger partial charge in [0.25, 0.3) is 10.1 Å². The quantitative estimate of drug-likeness (QED) is 0.338. The zero-order valence-corrected chi connectivity index (χ0v) is 11.0. The highest BCUT2D eigenvalue weighted by atomic mass is 32.2. The SMILES string of the molecule is CC(CCN)(CCN)C(N)(CCN)S(=O)(=O)O. The first kappa shape index (κ1) is 16.8. The largest absolute Gasteiger partial charge is 0.330 e. The van der Waals surface area contributed by atoms with Gasteiger partial charge in [-0.1, -0.05) is 6.92 Å². The van der Waals surface area contributed by atoms with Gasteiger partial charge in [-0.25, -0.2) is 0 Å². The first-order chi connectivity index (χ1) is 7.68. The Hall–Kier alpha value is -0.250. The van der Waals surface area contributed by atoms with Crippen LogP contribution in [-0.4, -0.2) is 37.5 Å². The van der Waals surface area contributed by atoms with Crippen LogP contribution in [0.4, 0.5) is 0 Å². The van der Waals surface area contributed by atoms with Crippen molar-refractivity contribution >= 4 is 10.1 Å². The van der Waals surface area contributed by atoms with E-state index in [0.29, 0.717) is 12.8 Å². The van der Waals surface area contributed by atoms with E-state index in [1.807, 2.05) is 0 Å². The normalized spacial score (nSPS) is 16.8. The molecule has 17 heavy (non-hydrogen) atoms. The summed E-state index contributed by atoms with van der Waals surface area (Å²) < 4.78 is 32.4. The van der Waals surface area contributed by atoms with Gasteiger partial charge >= 0.3 is 0 Å². The van der Waals surface area contributed by atoms with Crippen molar-refractivity contribution in [2.75, 3.05) is 19.6 Å². The highest BCUT2D eigenvalue weighted by molar-refractivity contribution is 7.87. The van der Waals surface area contributed by atoms with Crippen LogP contribution < -0.4 is 22.9 Å². The second kappa shape index (κ2) is 6.07. The first-order valence-electron chi connectivity index (χ1n) is 5.54. The molecule has 0 aliphatic rings. The lowest BCUT2D eigenvalue weighted by Crippen LogP contribution is -2.61. The van der Waals surface area contributed by atoms with Crippen molar-refractivity contribution in [3.05, 3.63) is 0 Å². The molecule has 9 N–H and O–H groups in total. The summed E-state index contributed by atoms with van der Waals surface area (Å²) in [6, 6.07) is 0. The van der Waals surface area contributed by atoms with Crippen molar-refractivity contribution in [1.29, 1.82) is 0 Å². The van der Waals surface area contributed by atoms with Crippen LogP contribution in [0, 0.1) is 5.41 Å². The molecule has 0 spiro atoms. The third-order valence-corrected chi connectivity index (χ3v) is 5.01. The van der Waals surface area contributed by atoms with Gasteiger partial charge in [-0.3, -0.25) is 4.55 Å². The summed E-state index contributed by atoms with van der Waals surface area (Å²) in [5.41, 5.74) is 21.3. The van der Waals surface area contributed by atoms with Crippen molar-refractivity contribution in [1.82, 2.24) is 0 Å². The Bertz CT molecular complexity index is 327. The van der Waals surface area contributed by atoms with Crippen molar-refractivity contribution in [3.63, 3.8) is 0 Å². The Morgan fingerprint density at radius 1 is 1.00 bits per heavy atom. The highest BCUT2D eigenvalue weighted by Gasteiger charge is 2.52. The molecular formula is C9H24N4O3S. The van der Waals surface area contributed by atoms with E-state index >= 15 is 0 Å². The maximum absolute atomic E-state index is 11.5. The Kier molecular flexibility index (Phi) is 5.99. The summed E-state index contributed by atoms with van der Waals surface area (Å²) in [5.74, 6) is 0. The topological polar surface area (TPSA) is 158 Å². The Morgan fingerprint density at radius 3 is 1.59 bits per heavy atom. The minimum atomic E-state index is -4.44. The predicted molar refractivity (Wildman–Crippen MR) is 67.6 cm³/mol. The van der Waals surface area contributed by atoms with E-state index in [1.165, 1.54) is 0 Å². The number of rotatable bonds is 8. The molecule has 8 heteroatoms. The van der Waals surface area contributed by atoms with E-state index < -0.39 is 20.4 Å². The predicted octanol–water partition coefficient (Wildman–Crippen LogP) is -1.42. The molecule has 0 radical (unpaired) electrons. The average Bonchev–Trinajstić information content (AvgIpc) is 2.16. The smallest absolute Gasteiger partial charge is 0.284 e. The standard InChI is InChI=1S/C9H24N4O3S/c1-8(2-5-10,3-6-11)9(13,4-7-12)17(14,15)16/h2-7,10-13H2,1H3,(H,14,15,16). The number of nitrogens with two attached hydrogens (primary N) is 4. The molecule has 0 aromatic rings. The molecule has 7 nitrogen and oxygen atoms in total. The van der Waals surface area contributed by atoms with Crippen LogP contribution in [0.25, 0.3) is 0 Å². The minimum absolute atomic E-state index is 0.0394. The van der Waals surface area contributed by atoms with E-state index in [9.17, 15) is 13.0 Å². The maximum Gasteiger partial charge on any atom is 0.284 e. The van der Waals surface area contributed by atoms with Gasteiger partial charge in [0.15, 0.2) is 4.87 Å². The third kappa shape index (κ3) is 3.36. The molecule has 0 amide bonds. The van der Waals surface area contributed by atoms with Gasteiger partial charge < -0.3 is 22.9 Å². The van der Waals surface area contributed by atoms with E-state index in [-0.39, 0.29) is 26.1 Å². The van der Waals surface area contributed by atoms with Gasteiger partial charge in [0.05, 0.1) is 0 Å². The van der Waals surface area contributed by atoms with Crippen LogP contribution in [0.1, 0.15) is 26.2 Å². The molecule has 0 rings (SSSR count). The number of hydrogen-bond acceptors (Lipinski definition) is 6. The van der Waals surface area contributed by atoms with Gasteiger partial charge in [-0.2, -0.15) is 8.42 Å². The Morgan fingerprint density at radius 2 is 1.35 bits per heavy atom. The lowest BCUT2D eigenvalue weighted by Gasteiger charge is -2.43. The van der Waals surface area contributed by atoms with Crippen LogP contribution >= 0.6 is 0 Å². The fourth-order valence-electron chi connectivity index (χ4n) is 2.14.